The van der Waals surface area contributed by atoms with Crippen molar-refractivity contribution in [3.05, 3.63) is 52.6 Å². The highest BCUT2D eigenvalue weighted by Gasteiger charge is 2.11. The summed E-state index contributed by atoms with van der Waals surface area (Å²) in [5.74, 6) is -0.442. The van der Waals surface area contributed by atoms with Crippen LogP contribution in [0.4, 0.5) is 9.18 Å². The molecule has 1 aromatic heterocycles. The molecule has 112 valence electrons. The largest absolute Gasteiger partial charge is 0.334 e. The minimum absolute atomic E-state index is 0.0919. The zero-order valence-electron chi connectivity index (χ0n) is 11.7. The lowest BCUT2D eigenvalue weighted by atomic mass is 10.2. The quantitative estimate of drug-likeness (QED) is 0.912. The summed E-state index contributed by atoms with van der Waals surface area (Å²) in [6.07, 6.45) is 3.51. The first-order chi connectivity index (χ1) is 9.95. The minimum Gasteiger partial charge on any atom is -0.334 e. The number of hydrogen-bond donors (Lipinski definition) is 2. The molecule has 2 N–H and O–H groups in total. The first kappa shape index (κ1) is 15.3. The normalized spacial score (nSPS) is 12.0. The summed E-state index contributed by atoms with van der Waals surface area (Å²) in [5, 5.41) is 9.73. The van der Waals surface area contributed by atoms with Crippen molar-refractivity contribution in [1.29, 1.82) is 0 Å². The number of nitrogens with one attached hydrogen (secondary N) is 2. The molecule has 0 saturated heterocycles. The molecule has 0 aliphatic heterocycles. The molecule has 2 rings (SSSR count). The average Bonchev–Trinajstić information content (AvgIpc) is 2.84. The van der Waals surface area contributed by atoms with E-state index in [0.717, 1.165) is 5.56 Å². The molecule has 7 heteroatoms. The Kier molecular flexibility index (Phi) is 4.80. The molecule has 2 aromatic rings. The summed E-state index contributed by atoms with van der Waals surface area (Å²) < 4.78 is 15.2. The van der Waals surface area contributed by atoms with Crippen molar-refractivity contribution in [2.45, 2.75) is 19.5 Å². The van der Waals surface area contributed by atoms with Crippen molar-refractivity contribution in [3.8, 4) is 0 Å². The van der Waals surface area contributed by atoms with Gasteiger partial charge in [0, 0.05) is 35.9 Å². The maximum absolute atomic E-state index is 13.6. The van der Waals surface area contributed by atoms with Crippen LogP contribution in [0.5, 0.6) is 0 Å². The lowest BCUT2D eigenvalue weighted by molar-refractivity contribution is 0.237. The van der Waals surface area contributed by atoms with Crippen LogP contribution in [-0.4, -0.2) is 15.8 Å². The van der Waals surface area contributed by atoms with Crippen LogP contribution in [0, 0.1) is 5.82 Å². The van der Waals surface area contributed by atoms with Gasteiger partial charge >= 0.3 is 6.03 Å². The van der Waals surface area contributed by atoms with E-state index in [1.807, 2.05) is 13.1 Å². The average molecular weight is 311 g/mol. The smallest absolute Gasteiger partial charge is 0.315 e. The number of urea groups is 1. The van der Waals surface area contributed by atoms with Crippen LogP contribution in [0.3, 0.4) is 0 Å². The second-order valence-electron chi connectivity index (χ2n) is 4.73. The molecule has 0 saturated carbocycles. The number of aryl methyl sites for hydroxylation is 1. The number of nitrogens with zero attached hydrogens (tertiary/aromatic N) is 2. The molecule has 21 heavy (non-hydrogen) atoms. The molecule has 0 fully saturated rings. The zero-order valence-corrected chi connectivity index (χ0v) is 12.5. The molecule has 0 unspecified atom stereocenters. The highest BCUT2D eigenvalue weighted by Crippen LogP contribution is 2.14. The fraction of sp³-hybridized carbons (Fsp3) is 0.286. The molecule has 1 heterocycles. The SMILES string of the molecule is C[C@@H](NC(=O)NCc1ccc(Cl)cc1F)c1cnn(C)c1. The van der Waals surface area contributed by atoms with E-state index in [2.05, 4.69) is 15.7 Å². The third-order valence-electron chi connectivity index (χ3n) is 3.03. The molecular formula is C14H16ClFN4O. The van der Waals surface area contributed by atoms with Gasteiger partial charge in [-0.25, -0.2) is 9.18 Å². The molecule has 5 nitrogen and oxygen atoms in total. The van der Waals surface area contributed by atoms with Gasteiger partial charge < -0.3 is 10.6 Å². The number of carbonyl (C=O) groups excluding carboxylic acids is 1. The number of hydrogen-bond acceptors (Lipinski definition) is 2. The van der Waals surface area contributed by atoms with Gasteiger partial charge in [-0.2, -0.15) is 5.10 Å². The Labute approximate surface area is 127 Å². The van der Waals surface area contributed by atoms with Gasteiger partial charge in [0.25, 0.3) is 0 Å². The van der Waals surface area contributed by atoms with E-state index in [9.17, 15) is 9.18 Å². The van der Waals surface area contributed by atoms with Gasteiger partial charge in [0.15, 0.2) is 0 Å². The molecule has 0 aliphatic carbocycles. The predicted molar refractivity (Wildman–Crippen MR) is 78.4 cm³/mol. The van der Waals surface area contributed by atoms with Crippen molar-refractivity contribution < 1.29 is 9.18 Å². The zero-order chi connectivity index (χ0) is 15.4. The van der Waals surface area contributed by atoms with Gasteiger partial charge in [0.2, 0.25) is 0 Å². The Balaban J connectivity index is 1.87. The van der Waals surface area contributed by atoms with Crippen molar-refractivity contribution in [1.82, 2.24) is 20.4 Å². The van der Waals surface area contributed by atoms with E-state index in [1.165, 1.54) is 6.07 Å². The number of halogens is 2. The standard InChI is InChI=1S/C14H16ClFN4O/c1-9(11-7-18-20(2)8-11)19-14(21)17-6-10-3-4-12(15)5-13(10)16/h3-5,7-9H,6H2,1-2H3,(H2,17,19,21)/t9-/m1/s1. The summed E-state index contributed by atoms with van der Waals surface area (Å²) in [7, 11) is 1.81. The second kappa shape index (κ2) is 6.58. The third-order valence-corrected chi connectivity index (χ3v) is 3.26. The van der Waals surface area contributed by atoms with Gasteiger partial charge in [-0.1, -0.05) is 17.7 Å². The van der Waals surface area contributed by atoms with Crippen LogP contribution in [-0.2, 0) is 13.6 Å². The fourth-order valence-corrected chi connectivity index (χ4v) is 1.99. The number of rotatable bonds is 4. The van der Waals surface area contributed by atoms with Crippen molar-refractivity contribution >= 4 is 17.6 Å². The van der Waals surface area contributed by atoms with E-state index in [4.69, 9.17) is 11.6 Å². The number of amides is 2. The number of benzene rings is 1. The van der Waals surface area contributed by atoms with Crippen LogP contribution < -0.4 is 10.6 Å². The maximum atomic E-state index is 13.6. The van der Waals surface area contributed by atoms with Gasteiger partial charge in [0.1, 0.15) is 5.82 Å². The fourth-order valence-electron chi connectivity index (χ4n) is 1.84. The number of carbonyl (C=O) groups is 1. The Morgan fingerprint density at radius 2 is 2.29 bits per heavy atom. The van der Waals surface area contributed by atoms with E-state index in [0.29, 0.717) is 10.6 Å². The predicted octanol–water partition coefficient (Wildman–Crippen LogP) is 2.77. The van der Waals surface area contributed by atoms with Gasteiger partial charge in [0.05, 0.1) is 12.2 Å². The Morgan fingerprint density at radius 1 is 1.52 bits per heavy atom. The Hall–Kier alpha value is -2.08. The van der Waals surface area contributed by atoms with E-state index in [1.54, 1.807) is 30.1 Å². The Morgan fingerprint density at radius 3 is 2.90 bits per heavy atom. The lowest BCUT2D eigenvalue weighted by Gasteiger charge is -2.13. The topological polar surface area (TPSA) is 59.0 Å². The van der Waals surface area contributed by atoms with E-state index >= 15 is 0 Å². The van der Waals surface area contributed by atoms with Crippen LogP contribution in [0.15, 0.2) is 30.6 Å². The number of aromatic nitrogens is 2. The van der Waals surface area contributed by atoms with Crippen molar-refractivity contribution in [3.63, 3.8) is 0 Å². The lowest BCUT2D eigenvalue weighted by Crippen LogP contribution is -2.36. The molecule has 1 atom stereocenters. The minimum atomic E-state index is -0.442. The molecule has 1 aromatic carbocycles. The molecule has 0 aliphatic rings. The second-order valence-corrected chi connectivity index (χ2v) is 5.17. The van der Waals surface area contributed by atoms with Crippen molar-refractivity contribution in [2.24, 2.45) is 7.05 Å². The van der Waals surface area contributed by atoms with Crippen LogP contribution in [0.25, 0.3) is 0 Å². The summed E-state index contributed by atoms with van der Waals surface area (Å²) in [4.78, 5) is 11.8. The molecular weight excluding hydrogens is 295 g/mol. The van der Waals surface area contributed by atoms with Gasteiger partial charge in [-0.05, 0) is 19.1 Å². The highest BCUT2D eigenvalue weighted by molar-refractivity contribution is 6.30. The summed E-state index contributed by atoms with van der Waals surface area (Å²) in [5.41, 5.74) is 1.27. The summed E-state index contributed by atoms with van der Waals surface area (Å²) in [6.45, 7) is 1.94. The van der Waals surface area contributed by atoms with Crippen LogP contribution in [0.2, 0.25) is 5.02 Å². The molecule has 2 amide bonds. The monoisotopic (exact) mass is 310 g/mol. The molecule has 0 radical (unpaired) electrons. The third kappa shape index (κ3) is 4.19. The van der Waals surface area contributed by atoms with Crippen molar-refractivity contribution in [2.75, 3.05) is 0 Å². The first-order valence-electron chi connectivity index (χ1n) is 6.42. The van der Waals surface area contributed by atoms with Crippen LogP contribution >= 0.6 is 11.6 Å². The first-order valence-corrected chi connectivity index (χ1v) is 6.80. The van der Waals surface area contributed by atoms with Crippen LogP contribution in [0.1, 0.15) is 24.1 Å². The van der Waals surface area contributed by atoms with E-state index in [-0.39, 0.29) is 18.6 Å². The molecule has 0 spiro atoms. The van der Waals surface area contributed by atoms with Gasteiger partial charge in [-0.3, -0.25) is 4.68 Å². The highest BCUT2D eigenvalue weighted by atomic mass is 35.5. The Bertz CT molecular complexity index is 644. The maximum Gasteiger partial charge on any atom is 0.315 e. The van der Waals surface area contributed by atoms with Gasteiger partial charge in [-0.15, -0.1) is 0 Å². The summed E-state index contributed by atoms with van der Waals surface area (Å²) >= 11 is 5.67. The summed E-state index contributed by atoms with van der Waals surface area (Å²) in [6, 6.07) is 3.78. The molecule has 0 bridgehead atoms. The van der Waals surface area contributed by atoms with E-state index < -0.39 is 5.82 Å².